The minimum atomic E-state index is 0.682. The highest BCUT2D eigenvalue weighted by molar-refractivity contribution is 6.05. The number of benzene rings is 3. The zero-order valence-electron chi connectivity index (χ0n) is 23.4. The molecule has 4 nitrogen and oxygen atoms in total. The van der Waals surface area contributed by atoms with E-state index in [9.17, 15) is 4.79 Å². The number of hydrogen-bond donors (Lipinski definition) is 0. The van der Waals surface area contributed by atoms with E-state index in [1.54, 1.807) is 0 Å². The van der Waals surface area contributed by atoms with E-state index >= 15 is 0 Å². The van der Waals surface area contributed by atoms with E-state index < -0.39 is 0 Å². The first-order chi connectivity index (χ1) is 17.6. The zero-order valence-corrected chi connectivity index (χ0v) is 23.4. The number of aldehydes is 1. The van der Waals surface area contributed by atoms with Crippen molar-refractivity contribution in [1.82, 2.24) is 4.58 Å². The van der Waals surface area contributed by atoms with Crippen LogP contribution in [-0.2, 0) is 0 Å². The largest absolute Gasteiger partial charge is 0.456 e. The Morgan fingerprint density at radius 2 is 1.47 bits per heavy atom. The number of carbonyl (C=O) groups excluding carboxylic acids is 1. The molecule has 1 heterocycles. The maximum atomic E-state index is 11.9. The van der Waals surface area contributed by atoms with Gasteiger partial charge < -0.3 is 9.32 Å². The summed E-state index contributed by atoms with van der Waals surface area (Å²) in [5.74, 6) is 0.828. The van der Waals surface area contributed by atoms with Crippen molar-refractivity contribution in [1.29, 1.82) is 0 Å². The molecule has 0 amide bonds. The van der Waals surface area contributed by atoms with Gasteiger partial charge in [-0.1, -0.05) is 52.0 Å². The second-order valence-corrected chi connectivity index (χ2v) is 7.89. The lowest BCUT2D eigenvalue weighted by Crippen LogP contribution is -2.29. The van der Waals surface area contributed by atoms with E-state index in [2.05, 4.69) is 73.6 Å². The molecular formula is C32H43N2O2+. The smallest absolute Gasteiger partial charge is 0.203 e. The van der Waals surface area contributed by atoms with Crippen LogP contribution in [0.4, 0.5) is 5.69 Å². The molecule has 0 saturated carbocycles. The fourth-order valence-electron chi connectivity index (χ4n) is 4.56. The molecule has 0 radical (unpaired) electrons. The summed E-state index contributed by atoms with van der Waals surface area (Å²) >= 11 is 0. The topological polar surface area (TPSA) is 36.5 Å². The first-order valence-electron chi connectivity index (χ1n) is 13.5. The second-order valence-electron chi connectivity index (χ2n) is 7.89. The average molecular weight is 488 g/mol. The maximum absolute atomic E-state index is 11.9. The minimum absolute atomic E-state index is 0.682. The Morgan fingerprint density at radius 1 is 0.806 bits per heavy atom. The van der Waals surface area contributed by atoms with Crippen molar-refractivity contribution in [2.24, 2.45) is 0 Å². The summed E-state index contributed by atoms with van der Waals surface area (Å²) in [5.41, 5.74) is 5.63. The molecule has 0 atom stereocenters. The quantitative estimate of drug-likeness (QED) is 0.152. The van der Waals surface area contributed by atoms with Gasteiger partial charge in [0, 0.05) is 53.0 Å². The first kappa shape index (κ1) is 28.8. The molecule has 0 bridgehead atoms. The van der Waals surface area contributed by atoms with E-state index in [1.807, 2.05) is 52.0 Å². The lowest BCUT2D eigenvalue weighted by Gasteiger charge is -2.22. The van der Waals surface area contributed by atoms with Crippen LogP contribution in [0.2, 0.25) is 0 Å². The fraction of sp³-hybridized carbons (Fsp3) is 0.375. The van der Waals surface area contributed by atoms with Gasteiger partial charge >= 0.3 is 0 Å². The van der Waals surface area contributed by atoms with Crippen LogP contribution in [0.15, 0.2) is 65.1 Å². The predicted molar refractivity (Wildman–Crippen MR) is 156 cm³/mol. The molecule has 36 heavy (non-hydrogen) atoms. The van der Waals surface area contributed by atoms with Crippen molar-refractivity contribution in [2.45, 2.75) is 55.4 Å². The Bertz CT molecular complexity index is 1290. The summed E-state index contributed by atoms with van der Waals surface area (Å²) in [4.78, 5) is 14.2. The first-order valence-corrected chi connectivity index (χ1v) is 13.5. The molecule has 0 saturated heterocycles. The Morgan fingerprint density at radius 3 is 2.08 bits per heavy atom. The van der Waals surface area contributed by atoms with Gasteiger partial charge in [0.25, 0.3) is 0 Å². The van der Waals surface area contributed by atoms with Gasteiger partial charge in [0.15, 0.2) is 6.29 Å². The van der Waals surface area contributed by atoms with Crippen LogP contribution < -0.4 is 14.8 Å². The highest BCUT2D eigenvalue weighted by Crippen LogP contribution is 2.41. The van der Waals surface area contributed by atoms with Gasteiger partial charge in [0.2, 0.25) is 5.36 Å². The van der Waals surface area contributed by atoms with Gasteiger partial charge in [0.1, 0.15) is 24.4 Å². The van der Waals surface area contributed by atoms with Crippen LogP contribution >= 0.6 is 0 Å². The van der Waals surface area contributed by atoms with Crippen molar-refractivity contribution in [3.63, 3.8) is 0 Å². The molecule has 4 heteroatoms. The van der Waals surface area contributed by atoms with Gasteiger partial charge in [0.05, 0.1) is 6.07 Å². The van der Waals surface area contributed by atoms with Crippen molar-refractivity contribution >= 4 is 22.9 Å². The molecular weight excluding hydrogens is 444 g/mol. The second kappa shape index (κ2) is 14.2. The third-order valence-electron chi connectivity index (χ3n) is 6.30. The van der Waals surface area contributed by atoms with E-state index in [-0.39, 0.29) is 0 Å². The van der Waals surface area contributed by atoms with Crippen molar-refractivity contribution in [3.05, 3.63) is 71.6 Å². The average Bonchev–Trinajstić information content (AvgIpc) is 2.95. The Kier molecular flexibility index (Phi) is 11.4. The fourth-order valence-corrected chi connectivity index (χ4v) is 4.56. The van der Waals surface area contributed by atoms with Crippen molar-refractivity contribution in [3.8, 4) is 22.5 Å². The zero-order chi connectivity index (χ0) is 26.7. The number of carbonyl (C=O) groups is 1. The molecule has 4 rings (SSSR count). The highest BCUT2D eigenvalue weighted by Gasteiger charge is 2.20. The summed E-state index contributed by atoms with van der Waals surface area (Å²) in [6, 6.07) is 20.6. The number of hydrogen-bond acceptors (Lipinski definition) is 3. The summed E-state index contributed by atoms with van der Waals surface area (Å²) in [5, 5.41) is 2.15. The molecule has 2 aliphatic rings. The molecule has 192 valence electrons. The molecule has 1 aliphatic heterocycles. The third kappa shape index (κ3) is 5.87. The Balaban J connectivity index is 0.00000109. The van der Waals surface area contributed by atoms with E-state index in [1.165, 1.54) is 0 Å². The van der Waals surface area contributed by atoms with E-state index in [0.717, 1.165) is 76.9 Å². The maximum Gasteiger partial charge on any atom is 0.203 e. The van der Waals surface area contributed by atoms with Crippen molar-refractivity contribution in [2.75, 3.05) is 31.1 Å². The summed E-state index contributed by atoms with van der Waals surface area (Å²) in [7, 11) is 0. The number of anilines is 1. The number of fused-ring (bicyclic) bond motifs is 2. The monoisotopic (exact) mass is 487 g/mol. The van der Waals surface area contributed by atoms with Gasteiger partial charge in [-0.2, -0.15) is 0 Å². The van der Waals surface area contributed by atoms with E-state index in [0.29, 0.717) is 5.56 Å². The van der Waals surface area contributed by atoms with Gasteiger partial charge in [-0.15, -0.1) is 0 Å². The number of rotatable bonds is 7. The van der Waals surface area contributed by atoms with Crippen LogP contribution in [0.3, 0.4) is 0 Å². The van der Waals surface area contributed by atoms with Crippen LogP contribution in [-0.4, -0.2) is 32.5 Å². The normalized spacial score (nSPS) is 10.2. The summed E-state index contributed by atoms with van der Waals surface area (Å²) in [6.07, 6.45) is 0.936. The number of nitrogens with zero attached hydrogens (tertiary/aromatic N) is 2. The third-order valence-corrected chi connectivity index (χ3v) is 6.30. The lowest BCUT2D eigenvalue weighted by atomic mass is 9.91. The lowest BCUT2D eigenvalue weighted by molar-refractivity contribution is 0.112. The molecule has 0 N–H and O–H groups in total. The van der Waals surface area contributed by atoms with Gasteiger partial charge in [-0.05, 0) is 51.5 Å². The van der Waals surface area contributed by atoms with Gasteiger partial charge in [-0.3, -0.25) is 4.79 Å². The summed E-state index contributed by atoms with van der Waals surface area (Å²) < 4.78 is 8.81. The predicted octanol–water partition coefficient (Wildman–Crippen LogP) is 7.73. The van der Waals surface area contributed by atoms with Gasteiger partial charge in [-0.25, -0.2) is 4.58 Å². The van der Waals surface area contributed by atoms with Crippen LogP contribution in [0, 0.1) is 0 Å². The molecule has 2 aromatic carbocycles. The molecule has 2 aromatic rings. The van der Waals surface area contributed by atoms with Crippen molar-refractivity contribution < 1.29 is 9.21 Å². The SMILES string of the molecule is CC.CC.CCN(CC)c1ccc2c(-c3ccccc3C=O)c3ccc(=[N+](CC)CC)cc-3oc2c1. The van der Waals surface area contributed by atoms with Crippen LogP contribution in [0.5, 0.6) is 0 Å². The van der Waals surface area contributed by atoms with Crippen LogP contribution in [0.25, 0.3) is 33.4 Å². The summed E-state index contributed by atoms with van der Waals surface area (Å²) in [6.45, 7) is 20.4. The standard InChI is InChI=1S/C28H31N2O2.2C2H6/c1-5-29(6-2)21-13-15-24-26(17-21)32-27-18-22(30(7-3)8-4)14-16-25(27)28(24)23-12-10-9-11-20(23)19-31;2*1-2/h9-19H,5-8H2,1-4H3;2*1-2H3/q+1;;. The molecule has 0 fully saturated rings. The molecule has 1 aliphatic carbocycles. The molecule has 0 unspecified atom stereocenters. The van der Waals surface area contributed by atoms with E-state index in [4.69, 9.17) is 4.42 Å². The Hall–Kier alpha value is -3.40. The highest BCUT2D eigenvalue weighted by atomic mass is 16.3. The minimum Gasteiger partial charge on any atom is -0.456 e. The Labute approximate surface area is 217 Å². The molecule has 0 spiro atoms. The molecule has 0 aromatic heterocycles. The van der Waals surface area contributed by atoms with Crippen LogP contribution in [0.1, 0.15) is 65.7 Å².